The quantitative estimate of drug-likeness (QED) is 0.114. The molecule has 0 saturated heterocycles. The highest BCUT2D eigenvalue weighted by atomic mass is 16.6. The Hall–Kier alpha value is -5.14. The Kier molecular flexibility index (Phi) is 10.3. The van der Waals surface area contributed by atoms with Gasteiger partial charge in [0.2, 0.25) is 0 Å². The van der Waals surface area contributed by atoms with Gasteiger partial charge in [-0.3, -0.25) is 4.79 Å². The fourth-order valence-corrected chi connectivity index (χ4v) is 6.08. The molecule has 1 amide bonds. The van der Waals surface area contributed by atoms with E-state index < -0.39 is 12.3 Å². The Bertz CT molecular complexity index is 1850. The number of anilines is 1. The molecule has 256 valence electrons. The number of oxime groups is 1. The lowest BCUT2D eigenvalue weighted by Crippen LogP contribution is -2.38. The number of methoxy groups -OCH3 is 1. The van der Waals surface area contributed by atoms with E-state index in [0.29, 0.717) is 57.2 Å². The molecule has 0 bridgehead atoms. The summed E-state index contributed by atoms with van der Waals surface area (Å²) in [6.07, 6.45) is -0.455. The summed E-state index contributed by atoms with van der Waals surface area (Å²) in [6.45, 7) is 1.20. The second kappa shape index (κ2) is 15.0. The first kappa shape index (κ1) is 33.7. The molecule has 0 spiro atoms. The number of aryl methyl sites for hydroxylation is 1. The number of hydrogen-bond donors (Lipinski definition) is 6. The Morgan fingerprint density at radius 3 is 2.16 bits per heavy atom. The number of hydrogen-bond acceptors (Lipinski definition) is 11. The van der Waals surface area contributed by atoms with E-state index >= 15 is 0 Å². The number of carbonyl (C=O) groups is 1. The summed E-state index contributed by atoms with van der Waals surface area (Å²) in [6, 6.07) is 20.1. The first-order valence-electron chi connectivity index (χ1n) is 15.9. The molecule has 0 aromatic heterocycles. The standard InChI is InChI=1S/C37H39N3O9/c1-21-3-6-30-28(11-21)37(45)39-36(38-30)23-5-7-32(27(12-23)19-43)47-9-10-48-35-15-22(4-8-33(35)46-2)31-16-34(49-40-31)24-13-25(17-41)29(20-44)26(14-24)18-42/h3-8,11-15,34,36,38,41-44H,9-10,16-20H2,1-2H3,(H,39,45). The van der Waals surface area contributed by atoms with E-state index in [4.69, 9.17) is 19.0 Å². The monoisotopic (exact) mass is 669 g/mol. The molecule has 2 unspecified atom stereocenters. The molecule has 2 aliphatic heterocycles. The summed E-state index contributed by atoms with van der Waals surface area (Å²) in [5, 5.41) is 50.0. The summed E-state index contributed by atoms with van der Waals surface area (Å²) < 4.78 is 17.5. The van der Waals surface area contributed by atoms with Crippen LogP contribution in [0.25, 0.3) is 0 Å². The predicted octanol–water partition coefficient (Wildman–Crippen LogP) is 4.15. The molecule has 2 heterocycles. The van der Waals surface area contributed by atoms with Crippen LogP contribution in [0.4, 0.5) is 5.69 Å². The van der Waals surface area contributed by atoms with Crippen LogP contribution in [0.3, 0.4) is 0 Å². The lowest BCUT2D eigenvalue weighted by atomic mass is 9.93. The molecule has 0 saturated carbocycles. The van der Waals surface area contributed by atoms with Gasteiger partial charge >= 0.3 is 0 Å². The van der Waals surface area contributed by atoms with Crippen LogP contribution in [-0.2, 0) is 31.3 Å². The van der Waals surface area contributed by atoms with Crippen molar-refractivity contribution >= 4 is 17.3 Å². The molecule has 12 nitrogen and oxygen atoms in total. The zero-order valence-corrected chi connectivity index (χ0v) is 27.2. The van der Waals surface area contributed by atoms with Gasteiger partial charge in [-0.05, 0) is 89.3 Å². The fraction of sp³-hybridized carbons (Fsp3) is 0.297. The summed E-state index contributed by atoms with van der Waals surface area (Å²) in [5.41, 5.74) is 7.45. The number of fused-ring (bicyclic) bond motifs is 1. The summed E-state index contributed by atoms with van der Waals surface area (Å²) >= 11 is 0. The van der Waals surface area contributed by atoms with Crippen molar-refractivity contribution in [1.82, 2.24) is 5.32 Å². The van der Waals surface area contributed by atoms with Crippen LogP contribution >= 0.6 is 0 Å². The molecule has 12 heteroatoms. The zero-order valence-electron chi connectivity index (χ0n) is 27.2. The van der Waals surface area contributed by atoms with Crippen LogP contribution in [0.5, 0.6) is 17.2 Å². The number of aliphatic hydroxyl groups is 4. The number of benzene rings is 4. The van der Waals surface area contributed by atoms with Crippen molar-refractivity contribution in [2.45, 2.75) is 52.0 Å². The molecule has 2 aliphatic rings. The lowest BCUT2D eigenvalue weighted by molar-refractivity contribution is 0.0853. The van der Waals surface area contributed by atoms with Crippen LogP contribution in [0.2, 0.25) is 0 Å². The molecule has 6 N–H and O–H groups in total. The Morgan fingerprint density at radius 1 is 0.776 bits per heavy atom. The SMILES string of the molecule is COc1ccc(C2=NOC(c3cc(CO)c(CO)c(CO)c3)C2)cc1OCCOc1ccc(C2NC(=O)c3cc(C)ccc3N2)cc1CO. The Morgan fingerprint density at radius 2 is 1.47 bits per heavy atom. The number of rotatable bonds is 13. The maximum atomic E-state index is 12.7. The van der Waals surface area contributed by atoms with E-state index in [2.05, 4.69) is 15.8 Å². The highest BCUT2D eigenvalue weighted by Gasteiger charge is 2.27. The number of aliphatic hydroxyl groups excluding tert-OH is 4. The average molecular weight is 670 g/mol. The fourth-order valence-electron chi connectivity index (χ4n) is 6.08. The minimum Gasteiger partial charge on any atom is -0.493 e. The molecular formula is C37H39N3O9. The van der Waals surface area contributed by atoms with Gasteiger partial charge in [-0.15, -0.1) is 0 Å². The molecule has 0 fully saturated rings. The average Bonchev–Trinajstić information content (AvgIpc) is 3.63. The topological polar surface area (TPSA) is 171 Å². The van der Waals surface area contributed by atoms with Crippen LogP contribution in [0.1, 0.15) is 73.6 Å². The molecule has 4 aromatic rings. The van der Waals surface area contributed by atoms with E-state index in [1.165, 1.54) is 0 Å². The largest absolute Gasteiger partial charge is 0.493 e. The lowest BCUT2D eigenvalue weighted by Gasteiger charge is -2.29. The smallest absolute Gasteiger partial charge is 0.255 e. The van der Waals surface area contributed by atoms with Crippen LogP contribution in [0, 0.1) is 6.92 Å². The highest BCUT2D eigenvalue weighted by Crippen LogP contribution is 2.35. The minimum absolute atomic E-state index is 0.167. The van der Waals surface area contributed by atoms with Gasteiger partial charge < -0.3 is 50.1 Å². The maximum Gasteiger partial charge on any atom is 0.255 e. The van der Waals surface area contributed by atoms with Crippen molar-refractivity contribution in [2.24, 2.45) is 5.16 Å². The first-order valence-corrected chi connectivity index (χ1v) is 15.9. The van der Waals surface area contributed by atoms with Gasteiger partial charge in [-0.1, -0.05) is 22.9 Å². The van der Waals surface area contributed by atoms with Gasteiger partial charge in [-0.2, -0.15) is 0 Å². The van der Waals surface area contributed by atoms with Crippen molar-refractivity contribution < 1.29 is 44.3 Å². The third-order valence-electron chi connectivity index (χ3n) is 8.68. The highest BCUT2D eigenvalue weighted by molar-refractivity contribution is 6.02. The van der Waals surface area contributed by atoms with Gasteiger partial charge in [0.1, 0.15) is 25.1 Å². The third-order valence-corrected chi connectivity index (χ3v) is 8.68. The second-order valence-electron chi connectivity index (χ2n) is 11.8. The van der Waals surface area contributed by atoms with Crippen molar-refractivity contribution in [3.8, 4) is 17.2 Å². The van der Waals surface area contributed by atoms with Crippen LogP contribution in [0.15, 0.2) is 71.9 Å². The molecule has 49 heavy (non-hydrogen) atoms. The van der Waals surface area contributed by atoms with Gasteiger partial charge in [0.15, 0.2) is 17.6 Å². The van der Waals surface area contributed by atoms with E-state index in [9.17, 15) is 25.2 Å². The minimum atomic E-state index is -0.460. The van der Waals surface area contributed by atoms with E-state index in [1.54, 1.807) is 37.4 Å². The number of nitrogens with zero attached hydrogens (tertiary/aromatic N) is 1. The maximum absolute atomic E-state index is 12.7. The summed E-state index contributed by atoms with van der Waals surface area (Å²) in [4.78, 5) is 18.5. The normalized spacial score (nSPS) is 16.6. The number of carbonyl (C=O) groups excluding carboxylic acids is 1. The van der Waals surface area contributed by atoms with Gasteiger partial charge in [-0.25, -0.2) is 0 Å². The number of nitrogens with one attached hydrogen (secondary N) is 2. The van der Waals surface area contributed by atoms with Crippen LogP contribution in [-0.4, -0.2) is 52.4 Å². The van der Waals surface area contributed by atoms with E-state index in [-0.39, 0.29) is 45.5 Å². The van der Waals surface area contributed by atoms with Crippen molar-refractivity contribution in [3.63, 3.8) is 0 Å². The first-order chi connectivity index (χ1) is 23.8. The number of ether oxygens (including phenoxy) is 3. The molecule has 2 atom stereocenters. The molecule has 4 aromatic carbocycles. The van der Waals surface area contributed by atoms with Crippen molar-refractivity contribution in [2.75, 3.05) is 25.6 Å². The van der Waals surface area contributed by atoms with Crippen LogP contribution < -0.4 is 24.8 Å². The number of amides is 1. The second-order valence-corrected chi connectivity index (χ2v) is 11.8. The Balaban J connectivity index is 1.08. The molecule has 0 radical (unpaired) electrons. The zero-order chi connectivity index (χ0) is 34.5. The third kappa shape index (κ3) is 7.18. The Labute approximate surface area is 283 Å². The van der Waals surface area contributed by atoms with Crippen molar-refractivity contribution in [3.05, 3.63) is 117 Å². The summed E-state index contributed by atoms with van der Waals surface area (Å²) in [5.74, 6) is 1.34. The van der Waals surface area contributed by atoms with Gasteiger partial charge in [0, 0.05) is 23.2 Å². The van der Waals surface area contributed by atoms with Gasteiger partial charge in [0.25, 0.3) is 5.91 Å². The summed E-state index contributed by atoms with van der Waals surface area (Å²) in [7, 11) is 1.55. The van der Waals surface area contributed by atoms with Crippen molar-refractivity contribution in [1.29, 1.82) is 0 Å². The predicted molar refractivity (Wildman–Crippen MR) is 181 cm³/mol. The molecule has 0 aliphatic carbocycles. The van der Waals surface area contributed by atoms with E-state index in [0.717, 1.165) is 27.9 Å². The van der Waals surface area contributed by atoms with Gasteiger partial charge in [0.05, 0.1) is 44.8 Å². The molecular weight excluding hydrogens is 630 g/mol. The van der Waals surface area contributed by atoms with E-state index in [1.807, 2.05) is 43.3 Å². The molecule has 6 rings (SSSR count).